The van der Waals surface area contributed by atoms with Gasteiger partial charge in [-0.2, -0.15) is 0 Å². The third kappa shape index (κ3) is 2.65. The van der Waals surface area contributed by atoms with Crippen LogP contribution in [-0.4, -0.2) is 16.8 Å². The van der Waals surface area contributed by atoms with Crippen molar-refractivity contribution in [3.8, 4) is 11.5 Å². The first-order valence-electron chi connectivity index (χ1n) is 7.24. The molecule has 0 saturated heterocycles. The summed E-state index contributed by atoms with van der Waals surface area (Å²) in [6.07, 6.45) is 4.65. The zero-order valence-electron chi connectivity index (χ0n) is 11.8. The van der Waals surface area contributed by atoms with Gasteiger partial charge in [0.05, 0.1) is 0 Å². The molecule has 3 rings (SSSR count). The number of hydrogen-bond acceptors (Lipinski definition) is 3. The minimum Gasteiger partial charge on any atom is -0.508 e. The first-order chi connectivity index (χ1) is 10.2. The zero-order valence-corrected chi connectivity index (χ0v) is 11.8. The van der Waals surface area contributed by atoms with E-state index in [1.54, 1.807) is 12.1 Å². The first kappa shape index (κ1) is 13.7. The molecule has 2 aromatic carbocycles. The number of aryl methyl sites for hydroxylation is 2. The number of phenols is 2. The summed E-state index contributed by atoms with van der Waals surface area (Å²) < 4.78 is 0. The van der Waals surface area contributed by atoms with E-state index in [-0.39, 0.29) is 0 Å². The maximum atomic E-state index is 9.72. The monoisotopic (exact) mass is 281 g/mol. The van der Waals surface area contributed by atoms with Crippen molar-refractivity contribution in [2.45, 2.75) is 19.3 Å². The summed E-state index contributed by atoms with van der Waals surface area (Å²) in [7, 11) is 0. The van der Waals surface area contributed by atoms with Crippen LogP contribution in [0.4, 0.5) is 0 Å². The maximum absolute atomic E-state index is 9.72. The number of rotatable bonds is 2. The van der Waals surface area contributed by atoms with Gasteiger partial charge >= 0.3 is 0 Å². The smallest absolute Gasteiger partial charge is 0.115 e. The Morgan fingerprint density at radius 2 is 1.43 bits per heavy atom. The van der Waals surface area contributed by atoms with Crippen LogP contribution in [0, 0.1) is 0 Å². The van der Waals surface area contributed by atoms with Crippen LogP contribution in [0.2, 0.25) is 0 Å². The molecule has 0 bridgehead atoms. The number of hydrogen-bond donors (Lipinski definition) is 3. The molecule has 1 aliphatic carbocycles. The van der Waals surface area contributed by atoms with E-state index in [0.717, 1.165) is 47.1 Å². The predicted octanol–water partition coefficient (Wildman–Crippen LogP) is 2.98. The van der Waals surface area contributed by atoms with Crippen LogP contribution in [0.5, 0.6) is 11.5 Å². The lowest BCUT2D eigenvalue weighted by Crippen LogP contribution is -1.98. The molecule has 4 N–H and O–H groups in total. The highest BCUT2D eigenvalue weighted by Crippen LogP contribution is 2.36. The molecular formula is C18H19NO2. The maximum Gasteiger partial charge on any atom is 0.115 e. The van der Waals surface area contributed by atoms with Crippen LogP contribution in [0.25, 0.3) is 5.57 Å². The summed E-state index contributed by atoms with van der Waals surface area (Å²) in [6.45, 7) is 0.602. The molecule has 0 fully saturated rings. The molecule has 0 spiro atoms. The average Bonchev–Trinajstić information content (AvgIpc) is 2.61. The molecule has 0 amide bonds. The zero-order chi connectivity index (χ0) is 14.8. The summed E-state index contributed by atoms with van der Waals surface area (Å²) >= 11 is 0. The third-order valence-corrected chi connectivity index (χ3v) is 3.94. The van der Waals surface area contributed by atoms with Gasteiger partial charge in [0.2, 0.25) is 0 Å². The molecule has 3 heteroatoms. The molecule has 108 valence electrons. The Morgan fingerprint density at radius 3 is 1.90 bits per heavy atom. The predicted molar refractivity (Wildman–Crippen MR) is 84.4 cm³/mol. The summed E-state index contributed by atoms with van der Waals surface area (Å²) in [5.41, 5.74) is 11.3. The van der Waals surface area contributed by atoms with Crippen LogP contribution in [0.1, 0.15) is 28.7 Å². The SMILES string of the molecule is NCCC=C1c2ccc(O)cc2CCc2cc(O)ccc21. The van der Waals surface area contributed by atoms with E-state index in [0.29, 0.717) is 18.0 Å². The van der Waals surface area contributed by atoms with Crippen molar-refractivity contribution in [2.75, 3.05) is 6.54 Å². The standard InChI is InChI=1S/C18H19NO2/c19-9-1-2-18-16-7-5-14(20)10-12(16)3-4-13-11-15(21)6-8-17(13)18/h2,5-8,10-11,20-21H,1,3-4,9,19H2. The molecule has 0 heterocycles. The fourth-order valence-electron chi connectivity index (χ4n) is 2.96. The average molecular weight is 281 g/mol. The van der Waals surface area contributed by atoms with Crippen LogP contribution >= 0.6 is 0 Å². The van der Waals surface area contributed by atoms with Gasteiger partial charge in [0.25, 0.3) is 0 Å². The van der Waals surface area contributed by atoms with Crippen LogP contribution in [0.15, 0.2) is 42.5 Å². The molecule has 0 unspecified atom stereocenters. The van der Waals surface area contributed by atoms with Gasteiger partial charge in [-0.25, -0.2) is 0 Å². The Bertz CT molecular complexity index is 649. The third-order valence-electron chi connectivity index (χ3n) is 3.94. The van der Waals surface area contributed by atoms with Gasteiger partial charge < -0.3 is 15.9 Å². The summed E-state index contributed by atoms with van der Waals surface area (Å²) in [5.74, 6) is 0.585. The van der Waals surface area contributed by atoms with Gasteiger partial charge in [-0.1, -0.05) is 18.2 Å². The van der Waals surface area contributed by atoms with Crippen molar-refractivity contribution < 1.29 is 10.2 Å². The second kappa shape index (κ2) is 5.62. The van der Waals surface area contributed by atoms with E-state index < -0.39 is 0 Å². The van der Waals surface area contributed by atoms with E-state index in [2.05, 4.69) is 6.08 Å². The summed E-state index contributed by atoms with van der Waals surface area (Å²) in [4.78, 5) is 0. The minimum absolute atomic E-state index is 0.292. The van der Waals surface area contributed by atoms with Crippen molar-refractivity contribution in [1.29, 1.82) is 0 Å². The Balaban J connectivity index is 2.20. The number of benzene rings is 2. The van der Waals surface area contributed by atoms with Gasteiger partial charge in [-0.05, 0) is 77.9 Å². The highest BCUT2D eigenvalue weighted by atomic mass is 16.3. The van der Waals surface area contributed by atoms with Gasteiger partial charge in [0, 0.05) is 0 Å². The lowest BCUT2D eigenvalue weighted by Gasteiger charge is -2.12. The Kier molecular flexibility index (Phi) is 3.67. The normalized spacial score (nSPS) is 13.3. The quantitative estimate of drug-likeness (QED) is 0.793. The fraction of sp³-hybridized carbons (Fsp3) is 0.222. The van der Waals surface area contributed by atoms with Gasteiger partial charge in [0.1, 0.15) is 11.5 Å². The van der Waals surface area contributed by atoms with Crippen molar-refractivity contribution in [3.63, 3.8) is 0 Å². The Hall–Kier alpha value is -2.26. The molecule has 21 heavy (non-hydrogen) atoms. The van der Waals surface area contributed by atoms with E-state index in [4.69, 9.17) is 5.73 Å². The second-order valence-corrected chi connectivity index (χ2v) is 5.38. The Morgan fingerprint density at radius 1 is 0.905 bits per heavy atom. The van der Waals surface area contributed by atoms with Crippen molar-refractivity contribution in [2.24, 2.45) is 5.73 Å². The largest absolute Gasteiger partial charge is 0.508 e. The van der Waals surface area contributed by atoms with Crippen molar-refractivity contribution in [1.82, 2.24) is 0 Å². The molecular weight excluding hydrogens is 262 g/mol. The number of phenolic OH excluding ortho intramolecular Hbond substituents is 2. The summed E-state index contributed by atoms with van der Waals surface area (Å²) in [6, 6.07) is 11.0. The lowest BCUT2D eigenvalue weighted by molar-refractivity contribution is 0.473. The molecule has 0 aliphatic heterocycles. The van der Waals surface area contributed by atoms with E-state index in [9.17, 15) is 10.2 Å². The van der Waals surface area contributed by atoms with E-state index in [1.807, 2.05) is 24.3 Å². The molecule has 0 atom stereocenters. The van der Waals surface area contributed by atoms with Gasteiger partial charge in [-0.3, -0.25) is 0 Å². The lowest BCUT2D eigenvalue weighted by atomic mass is 9.93. The Labute approximate surface area is 124 Å². The fourth-order valence-corrected chi connectivity index (χ4v) is 2.96. The number of aromatic hydroxyl groups is 2. The van der Waals surface area contributed by atoms with E-state index in [1.165, 1.54) is 0 Å². The molecule has 1 aliphatic rings. The van der Waals surface area contributed by atoms with Crippen molar-refractivity contribution in [3.05, 3.63) is 64.7 Å². The molecule has 0 aromatic heterocycles. The second-order valence-electron chi connectivity index (χ2n) is 5.38. The first-order valence-corrected chi connectivity index (χ1v) is 7.24. The van der Waals surface area contributed by atoms with Gasteiger partial charge in [-0.15, -0.1) is 0 Å². The number of nitrogens with two attached hydrogens (primary N) is 1. The van der Waals surface area contributed by atoms with Crippen LogP contribution in [-0.2, 0) is 12.8 Å². The highest BCUT2D eigenvalue weighted by Gasteiger charge is 2.18. The van der Waals surface area contributed by atoms with E-state index >= 15 is 0 Å². The van der Waals surface area contributed by atoms with Gasteiger partial charge in [0.15, 0.2) is 0 Å². The van der Waals surface area contributed by atoms with Crippen molar-refractivity contribution >= 4 is 5.57 Å². The molecule has 0 radical (unpaired) electrons. The highest BCUT2D eigenvalue weighted by molar-refractivity contribution is 5.84. The molecule has 0 saturated carbocycles. The minimum atomic E-state index is 0.292. The molecule has 2 aromatic rings. The molecule has 3 nitrogen and oxygen atoms in total. The van der Waals surface area contributed by atoms with Crippen LogP contribution < -0.4 is 5.73 Å². The van der Waals surface area contributed by atoms with Crippen LogP contribution in [0.3, 0.4) is 0 Å². The summed E-state index contributed by atoms with van der Waals surface area (Å²) in [5, 5.41) is 19.4. The topological polar surface area (TPSA) is 66.5 Å². The number of fused-ring (bicyclic) bond motifs is 2.